The fourth-order valence-corrected chi connectivity index (χ4v) is 2.12. The largest absolute Gasteiger partial charge is 0.507 e. The van der Waals surface area contributed by atoms with E-state index >= 15 is 0 Å². The average molecular weight is 281 g/mol. The highest BCUT2D eigenvalue weighted by Crippen LogP contribution is 2.35. The lowest BCUT2D eigenvalue weighted by Gasteiger charge is -2.01. The Morgan fingerprint density at radius 2 is 2.00 bits per heavy atom. The van der Waals surface area contributed by atoms with Crippen LogP contribution in [0.1, 0.15) is 0 Å². The van der Waals surface area contributed by atoms with Crippen LogP contribution in [0.2, 0.25) is 0 Å². The summed E-state index contributed by atoms with van der Waals surface area (Å²) in [6.45, 7) is 0. The number of aromatic nitrogens is 3. The Hall–Kier alpha value is -2.22. The van der Waals surface area contributed by atoms with Crippen LogP contribution in [0.15, 0.2) is 23.4 Å². The first-order valence-corrected chi connectivity index (χ1v) is 6.24. The number of carbonyl (C=O) groups is 1. The number of carboxylic acid groups (broad SMARTS) is 1. The van der Waals surface area contributed by atoms with E-state index in [1.807, 2.05) is 0 Å². The normalized spacial score (nSPS) is 10.6. The summed E-state index contributed by atoms with van der Waals surface area (Å²) in [4.78, 5) is 14.6. The first-order chi connectivity index (χ1) is 8.99. The van der Waals surface area contributed by atoms with Crippen molar-refractivity contribution in [3.05, 3.63) is 18.2 Å². The van der Waals surface area contributed by atoms with Crippen molar-refractivity contribution in [2.75, 3.05) is 5.75 Å². The van der Waals surface area contributed by atoms with E-state index < -0.39 is 5.97 Å². The van der Waals surface area contributed by atoms with Gasteiger partial charge in [-0.15, -0.1) is 5.10 Å². The number of nitrogens with zero attached hydrogens (tertiary/aromatic N) is 3. The lowest BCUT2D eigenvalue weighted by molar-refractivity contribution is -0.133. The molecule has 0 saturated heterocycles. The van der Waals surface area contributed by atoms with Crippen LogP contribution >= 0.6 is 11.8 Å². The highest BCUT2D eigenvalue weighted by Gasteiger charge is 2.17. The summed E-state index contributed by atoms with van der Waals surface area (Å²) in [5, 5.41) is 32.5. The van der Waals surface area contributed by atoms with Gasteiger partial charge in [-0.2, -0.15) is 0 Å². The van der Waals surface area contributed by atoms with Gasteiger partial charge in [0, 0.05) is 7.05 Å². The third kappa shape index (κ3) is 2.79. The van der Waals surface area contributed by atoms with Crippen molar-refractivity contribution >= 4 is 17.7 Å². The molecule has 3 N–H and O–H groups in total. The molecule has 0 aliphatic carbocycles. The number of hydrogen-bond acceptors (Lipinski definition) is 6. The van der Waals surface area contributed by atoms with Gasteiger partial charge in [0.1, 0.15) is 17.1 Å². The van der Waals surface area contributed by atoms with E-state index in [9.17, 15) is 15.0 Å². The Kier molecular flexibility index (Phi) is 3.61. The van der Waals surface area contributed by atoms with Crippen LogP contribution in [0.25, 0.3) is 11.4 Å². The smallest absolute Gasteiger partial charge is 0.313 e. The quantitative estimate of drug-likeness (QED) is 0.719. The molecule has 0 aliphatic heterocycles. The third-order valence-corrected chi connectivity index (χ3v) is 3.30. The number of phenols is 2. The maximum absolute atomic E-state index is 10.5. The van der Waals surface area contributed by atoms with Gasteiger partial charge in [-0.05, 0) is 12.1 Å². The molecule has 0 saturated carbocycles. The topological polar surface area (TPSA) is 108 Å². The van der Waals surface area contributed by atoms with Gasteiger partial charge in [-0.3, -0.25) is 4.79 Å². The van der Waals surface area contributed by atoms with Crippen molar-refractivity contribution in [2.45, 2.75) is 5.16 Å². The van der Waals surface area contributed by atoms with Crippen LogP contribution in [0.4, 0.5) is 0 Å². The van der Waals surface area contributed by atoms with E-state index in [1.54, 1.807) is 7.05 Å². The van der Waals surface area contributed by atoms with Crippen molar-refractivity contribution in [3.8, 4) is 22.9 Å². The maximum atomic E-state index is 10.5. The second kappa shape index (κ2) is 5.19. The SMILES string of the molecule is Cn1nc(-c2c(O)cccc2O)nc1SCC(=O)O. The van der Waals surface area contributed by atoms with Gasteiger partial charge in [0.25, 0.3) is 0 Å². The summed E-state index contributed by atoms with van der Waals surface area (Å²) in [5.74, 6) is -1.23. The number of benzene rings is 1. The molecule has 0 atom stereocenters. The molecule has 1 heterocycles. The molecule has 8 heteroatoms. The molecule has 7 nitrogen and oxygen atoms in total. The molecule has 0 unspecified atom stereocenters. The predicted molar refractivity (Wildman–Crippen MR) is 68.1 cm³/mol. The van der Waals surface area contributed by atoms with Crippen molar-refractivity contribution < 1.29 is 20.1 Å². The van der Waals surface area contributed by atoms with E-state index in [4.69, 9.17) is 5.11 Å². The Morgan fingerprint density at radius 1 is 1.37 bits per heavy atom. The van der Waals surface area contributed by atoms with E-state index in [0.717, 1.165) is 11.8 Å². The lowest BCUT2D eigenvalue weighted by atomic mass is 10.1. The third-order valence-electron chi connectivity index (χ3n) is 2.29. The van der Waals surface area contributed by atoms with Crippen molar-refractivity contribution in [3.63, 3.8) is 0 Å². The molecule has 0 aliphatic rings. The minimum Gasteiger partial charge on any atom is -0.507 e. The standard InChI is InChI=1S/C11H11N3O4S/c1-14-11(19-5-8(17)18)12-10(13-14)9-6(15)3-2-4-7(9)16/h2-4,15-16H,5H2,1H3,(H,17,18). The monoisotopic (exact) mass is 281 g/mol. The fraction of sp³-hybridized carbons (Fsp3) is 0.182. The number of rotatable bonds is 4. The van der Waals surface area contributed by atoms with Crippen LogP contribution in [0.5, 0.6) is 11.5 Å². The highest BCUT2D eigenvalue weighted by atomic mass is 32.2. The summed E-state index contributed by atoms with van der Waals surface area (Å²) >= 11 is 1.01. The summed E-state index contributed by atoms with van der Waals surface area (Å²) in [6, 6.07) is 4.32. The Labute approximate surface area is 112 Å². The number of aryl methyl sites for hydroxylation is 1. The predicted octanol–water partition coefficient (Wildman–Crippen LogP) is 1.07. The minimum atomic E-state index is -0.958. The Bertz CT molecular complexity index is 606. The van der Waals surface area contributed by atoms with Crippen molar-refractivity contribution in [1.29, 1.82) is 0 Å². The van der Waals surface area contributed by atoms with E-state index in [-0.39, 0.29) is 28.6 Å². The molecule has 0 radical (unpaired) electrons. The van der Waals surface area contributed by atoms with Crippen LogP contribution in [-0.2, 0) is 11.8 Å². The minimum absolute atomic E-state index is 0.125. The van der Waals surface area contributed by atoms with E-state index in [1.165, 1.54) is 22.9 Å². The number of hydrogen-bond donors (Lipinski definition) is 3. The Balaban J connectivity index is 2.36. The first-order valence-electron chi connectivity index (χ1n) is 5.26. The molecule has 0 bridgehead atoms. The van der Waals surface area contributed by atoms with Gasteiger partial charge in [-0.25, -0.2) is 9.67 Å². The molecule has 0 amide bonds. The van der Waals surface area contributed by atoms with Crippen LogP contribution in [0.3, 0.4) is 0 Å². The van der Waals surface area contributed by atoms with Crippen LogP contribution in [-0.4, -0.2) is 41.8 Å². The van der Waals surface area contributed by atoms with Gasteiger partial charge in [-0.1, -0.05) is 17.8 Å². The van der Waals surface area contributed by atoms with Gasteiger partial charge < -0.3 is 15.3 Å². The lowest BCUT2D eigenvalue weighted by Crippen LogP contribution is -2.00. The number of aliphatic carboxylic acids is 1. The fourth-order valence-electron chi connectivity index (χ4n) is 1.49. The molecular weight excluding hydrogens is 270 g/mol. The molecule has 0 spiro atoms. The zero-order chi connectivity index (χ0) is 14.0. The van der Waals surface area contributed by atoms with Gasteiger partial charge in [0.15, 0.2) is 11.0 Å². The summed E-state index contributed by atoms with van der Waals surface area (Å²) in [5.41, 5.74) is 0.125. The zero-order valence-corrected chi connectivity index (χ0v) is 10.8. The van der Waals surface area contributed by atoms with Crippen LogP contribution < -0.4 is 0 Å². The first kappa shape index (κ1) is 13.2. The number of aromatic hydroxyl groups is 2. The van der Waals surface area contributed by atoms with Gasteiger partial charge in [0.2, 0.25) is 0 Å². The summed E-state index contributed by atoms with van der Waals surface area (Å²) < 4.78 is 1.40. The molecule has 19 heavy (non-hydrogen) atoms. The molecule has 1 aromatic heterocycles. The Morgan fingerprint density at radius 3 is 2.58 bits per heavy atom. The zero-order valence-electron chi connectivity index (χ0n) is 9.94. The van der Waals surface area contributed by atoms with E-state index in [0.29, 0.717) is 5.16 Å². The number of phenolic OH excluding ortho intramolecular Hbond substituents is 2. The molecule has 0 fully saturated rings. The van der Waals surface area contributed by atoms with Crippen molar-refractivity contribution in [2.24, 2.45) is 7.05 Å². The van der Waals surface area contributed by atoms with Gasteiger partial charge >= 0.3 is 5.97 Å². The maximum Gasteiger partial charge on any atom is 0.313 e. The molecule has 2 rings (SSSR count). The number of carboxylic acids is 1. The molecule has 1 aromatic carbocycles. The van der Waals surface area contributed by atoms with E-state index in [2.05, 4.69) is 10.1 Å². The molecule has 2 aromatic rings. The number of thioether (sulfide) groups is 1. The van der Waals surface area contributed by atoms with Crippen LogP contribution in [0, 0.1) is 0 Å². The molecular formula is C11H11N3O4S. The van der Waals surface area contributed by atoms with Gasteiger partial charge in [0.05, 0.1) is 5.75 Å². The summed E-state index contributed by atoms with van der Waals surface area (Å²) in [7, 11) is 1.61. The second-order valence-electron chi connectivity index (χ2n) is 3.70. The average Bonchev–Trinajstić information content (AvgIpc) is 2.67. The molecule has 100 valence electrons. The van der Waals surface area contributed by atoms with Crippen molar-refractivity contribution in [1.82, 2.24) is 14.8 Å². The second-order valence-corrected chi connectivity index (χ2v) is 4.64. The summed E-state index contributed by atoms with van der Waals surface area (Å²) in [6.07, 6.45) is 0. The highest BCUT2D eigenvalue weighted by molar-refractivity contribution is 7.99.